The van der Waals surface area contributed by atoms with Crippen LogP contribution >= 0.6 is 11.3 Å². The Morgan fingerprint density at radius 3 is 2.06 bits per heavy atom. The van der Waals surface area contributed by atoms with E-state index in [-0.39, 0.29) is 0 Å². The Kier molecular flexibility index (Phi) is 4.88. The summed E-state index contributed by atoms with van der Waals surface area (Å²) in [6.45, 7) is 0. The zero-order chi connectivity index (χ0) is 22.4. The van der Waals surface area contributed by atoms with Gasteiger partial charge in [-0.2, -0.15) is 0 Å². The summed E-state index contributed by atoms with van der Waals surface area (Å²) in [5, 5.41) is 24.0. The van der Waals surface area contributed by atoms with E-state index in [1.807, 2.05) is 41.7 Å². The zero-order valence-electron chi connectivity index (χ0n) is 17.7. The number of fused-ring (bicyclic) bond motifs is 5. The van der Waals surface area contributed by atoms with Gasteiger partial charge < -0.3 is 14.9 Å². The number of hydrogen-bond acceptors (Lipinski definition) is 4. The summed E-state index contributed by atoms with van der Waals surface area (Å²) in [5.41, 5.74) is 3.50. The van der Waals surface area contributed by atoms with E-state index in [1.165, 1.54) is 30.9 Å². The van der Waals surface area contributed by atoms with Gasteiger partial charge in [0.1, 0.15) is 0 Å². The number of rotatable bonds is 4. The van der Waals surface area contributed by atoms with Crippen LogP contribution in [0.4, 0.5) is 17.1 Å². The molecule has 6 rings (SSSR count). The van der Waals surface area contributed by atoms with Crippen LogP contribution in [0.1, 0.15) is 0 Å². The molecule has 0 saturated heterocycles. The van der Waals surface area contributed by atoms with Gasteiger partial charge in [0.15, 0.2) is 0 Å². The lowest BCUT2D eigenvalue weighted by atomic mass is 9.80. The molecule has 1 aromatic heterocycles. The third-order valence-corrected chi connectivity index (χ3v) is 7.20. The Bertz CT molecular complexity index is 1590. The molecule has 6 aromatic rings. The highest BCUT2D eigenvalue weighted by Crippen LogP contribution is 2.41. The Morgan fingerprint density at radius 2 is 1.27 bits per heavy atom. The van der Waals surface area contributed by atoms with E-state index in [9.17, 15) is 10.0 Å². The van der Waals surface area contributed by atoms with Gasteiger partial charge in [-0.1, -0.05) is 60.7 Å². The van der Waals surface area contributed by atoms with Crippen molar-refractivity contribution in [3.8, 4) is 0 Å². The molecule has 0 aliphatic rings. The number of nitrogens with zero attached hydrogens (tertiary/aromatic N) is 1. The maximum absolute atomic E-state index is 9.49. The standard InChI is InChI=1S/C28H20BNO2S/c31-29(32)20-11-13-22(14-12-20)30(21-6-2-1-3-7-21)23-15-16-24-19(18-23)10-17-27-28(24)25-8-4-5-9-26(25)33-27/h1-18,31-32H. The molecule has 0 aliphatic heterocycles. The Labute approximate surface area is 195 Å². The molecular formula is C28H20BNO2S. The highest BCUT2D eigenvalue weighted by Gasteiger charge is 2.16. The minimum atomic E-state index is -1.48. The van der Waals surface area contributed by atoms with E-state index in [2.05, 4.69) is 71.6 Å². The van der Waals surface area contributed by atoms with Crippen LogP contribution in [0.25, 0.3) is 30.9 Å². The second-order valence-corrected chi connectivity index (χ2v) is 9.16. The second-order valence-electron chi connectivity index (χ2n) is 8.08. The van der Waals surface area contributed by atoms with Crippen LogP contribution < -0.4 is 10.4 Å². The summed E-state index contributed by atoms with van der Waals surface area (Å²) >= 11 is 1.83. The third-order valence-electron chi connectivity index (χ3n) is 6.06. The van der Waals surface area contributed by atoms with E-state index in [1.54, 1.807) is 12.1 Å². The first-order valence-electron chi connectivity index (χ1n) is 10.8. The van der Waals surface area contributed by atoms with Crippen LogP contribution in [-0.4, -0.2) is 17.2 Å². The number of thiophene rings is 1. The van der Waals surface area contributed by atoms with Crippen LogP contribution in [0.15, 0.2) is 109 Å². The molecule has 5 heteroatoms. The van der Waals surface area contributed by atoms with Crippen LogP contribution in [0.2, 0.25) is 0 Å². The fraction of sp³-hybridized carbons (Fsp3) is 0. The minimum Gasteiger partial charge on any atom is -0.423 e. The molecule has 0 amide bonds. The third kappa shape index (κ3) is 3.47. The van der Waals surface area contributed by atoms with Crippen molar-refractivity contribution in [3.05, 3.63) is 109 Å². The maximum Gasteiger partial charge on any atom is 0.488 e. The van der Waals surface area contributed by atoms with Gasteiger partial charge >= 0.3 is 7.12 Å². The van der Waals surface area contributed by atoms with Gasteiger partial charge in [0, 0.05) is 37.2 Å². The maximum atomic E-state index is 9.49. The Balaban J connectivity index is 1.54. The van der Waals surface area contributed by atoms with Crippen molar-refractivity contribution in [2.45, 2.75) is 0 Å². The lowest BCUT2D eigenvalue weighted by Gasteiger charge is -2.26. The fourth-order valence-corrected chi connectivity index (χ4v) is 5.62. The highest BCUT2D eigenvalue weighted by atomic mass is 32.1. The summed E-state index contributed by atoms with van der Waals surface area (Å²) < 4.78 is 2.61. The van der Waals surface area contributed by atoms with E-state index < -0.39 is 7.12 Å². The molecule has 158 valence electrons. The average molecular weight is 445 g/mol. The van der Waals surface area contributed by atoms with Gasteiger partial charge in [-0.3, -0.25) is 0 Å². The van der Waals surface area contributed by atoms with E-state index in [4.69, 9.17) is 0 Å². The Morgan fingerprint density at radius 1 is 0.576 bits per heavy atom. The first kappa shape index (κ1) is 20.0. The van der Waals surface area contributed by atoms with Gasteiger partial charge in [-0.25, -0.2) is 0 Å². The zero-order valence-corrected chi connectivity index (χ0v) is 18.5. The predicted molar refractivity (Wildman–Crippen MR) is 141 cm³/mol. The molecule has 0 spiro atoms. The molecule has 0 bridgehead atoms. The molecule has 0 unspecified atom stereocenters. The summed E-state index contributed by atoms with van der Waals surface area (Å²) in [7, 11) is -1.48. The summed E-state index contributed by atoms with van der Waals surface area (Å²) in [4.78, 5) is 2.18. The van der Waals surface area contributed by atoms with Crippen LogP contribution in [-0.2, 0) is 0 Å². The molecule has 2 N–H and O–H groups in total. The van der Waals surface area contributed by atoms with Crippen LogP contribution in [0.5, 0.6) is 0 Å². The van der Waals surface area contributed by atoms with Crippen LogP contribution in [0, 0.1) is 0 Å². The fourth-order valence-electron chi connectivity index (χ4n) is 4.50. The van der Waals surface area contributed by atoms with Gasteiger partial charge in [0.2, 0.25) is 0 Å². The predicted octanol–water partition coefficient (Wildman–Crippen LogP) is 6.36. The molecule has 0 fully saturated rings. The van der Waals surface area contributed by atoms with E-state index in [0.717, 1.165) is 17.1 Å². The molecule has 3 nitrogen and oxygen atoms in total. The van der Waals surface area contributed by atoms with Crippen LogP contribution in [0.3, 0.4) is 0 Å². The summed E-state index contributed by atoms with van der Waals surface area (Å²) in [6, 6.07) is 37.1. The number of anilines is 3. The van der Waals surface area contributed by atoms with Crippen molar-refractivity contribution in [2.24, 2.45) is 0 Å². The summed E-state index contributed by atoms with van der Waals surface area (Å²) in [5.74, 6) is 0. The monoisotopic (exact) mass is 445 g/mol. The van der Waals surface area contributed by atoms with Crippen molar-refractivity contribution >= 4 is 71.9 Å². The van der Waals surface area contributed by atoms with Gasteiger partial charge in [0.25, 0.3) is 0 Å². The lowest BCUT2D eigenvalue weighted by Crippen LogP contribution is -2.29. The van der Waals surface area contributed by atoms with Crippen molar-refractivity contribution in [1.29, 1.82) is 0 Å². The normalized spacial score (nSPS) is 11.3. The SMILES string of the molecule is OB(O)c1ccc(N(c2ccccc2)c2ccc3c(ccc4sc5ccccc5c43)c2)cc1. The first-order valence-corrected chi connectivity index (χ1v) is 11.7. The quantitative estimate of drug-likeness (QED) is 0.311. The van der Waals surface area contributed by atoms with Crippen molar-refractivity contribution in [2.75, 3.05) is 4.90 Å². The van der Waals surface area contributed by atoms with E-state index in [0.29, 0.717) is 5.46 Å². The largest absolute Gasteiger partial charge is 0.488 e. The van der Waals surface area contributed by atoms with Crippen molar-refractivity contribution in [3.63, 3.8) is 0 Å². The average Bonchev–Trinajstić information content (AvgIpc) is 3.24. The van der Waals surface area contributed by atoms with Crippen molar-refractivity contribution < 1.29 is 10.0 Å². The molecular weight excluding hydrogens is 425 g/mol. The molecule has 5 aromatic carbocycles. The van der Waals surface area contributed by atoms with E-state index >= 15 is 0 Å². The number of hydrogen-bond donors (Lipinski definition) is 2. The van der Waals surface area contributed by atoms with Crippen molar-refractivity contribution in [1.82, 2.24) is 0 Å². The van der Waals surface area contributed by atoms with Gasteiger partial charge in [0.05, 0.1) is 0 Å². The highest BCUT2D eigenvalue weighted by molar-refractivity contribution is 7.26. The smallest absolute Gasteiger partial charge is 0.423 e. The topological polar surface area (TPSA) is 43.7 Å². The second kappa shape index (κ2) is 8.05. The summed E-state index contributed by atoms with van der Waals surface area (Å²) in [6.07, 6.45) is 0. The molecule has 0 atom stereocenters. The lowest BCUT2D eigenvalue weighted by molar-refractivity contribution is 0.426. The molecule has 0 radical (unpaired) electrons. The minimum absolute atomic E-state index is 0.469. The Hall–Kier alpha value is -3.64. The number of benzene rings is 5. The molecule has 0 aliphatic carbocycles. The molecule has 33 heavy (non-hydrogen) atoms. The van der Waals surface area contributed by atoms with Gasteiger partial charge in [-0.05, 0) is 64.8 Å². The first-order chi connectivity index (χ1) is 16.2. The number of para-hydroxylation sites is 1. The van der Waals surface area contributed by atoms with Gasteiger partial charge in [-0.15, -0.1) is 11.3 Å². The molecule has 0 saturated carbocycles. The molecule has 1 heterocycles.